The van der Waals surface area contributed by atoms with Gasteiger partial charge in [0.05, 0.1) is 5.56 Å². The average Bonchev–Trinajstić information content (AvgIpc) is 3.76. The fourth-order valence-corrected chi connectivity index (χ4v) is 5.87. The number of carbonyl (C=O) groups is 1. The van der Waals surface area contributed by atoms with Crippen molar-refractivity contribution in [1.82, 2.24) is 39.9 Å². The number of hydrogen-bond acceptors (Lipinski definition) is 7. The summed E-state index contributed by atoms with van der Waals surface area (Å²) < 4.78 is 0. The molecule has 0 radical (unpaired) electrons. The predicted molar refractivity (Wildman–Crippen MR) is 163 cm³/mol. The summed E-state index contributed by atoms with van der Waals surface area (Å²) in [4.78, 5) is 48.5. The fraction of sp³-hybridized carbons (Fsp3) is 0. The molecule has 3 N–H and O–H groups in total. The van der Waals surface area contributed by atoms with Crippen molar-refractivity contribution in [3.05, 3.63) is 96.6 Å². The molecule has 11 heteroatoms. The third-order valence-corrected chi connectivity index (χ3v) is 7.81. The van der Waals surface area contributed by atoms with Crippen molar-refractivity contribution in [2.45, 2.75) is 0 Å². The van der Waals surface area contributed by atoms with Crippen LogP contribution < -0.4 is 0 Å². The number of carboxylic acid groups (broad SMARTS) is 1. The second-order valence-corrected chi connectivity index (χ2v) is 10.3. The van der Waals surface area contributed by atoms with E-state index < -0.39 is 5.97 Å². The van der Waals surface area contributed by atoms with Crippen LogP contribution in [0.2, 0.25) is 0 Å². The molecule has 9 rings (SSSR count). The molecule has 0 spiro atoms. The van der Waals surface area contributed by atoms with Crippen molar-refractivity contribution in [3.63, 3.8) is 0 Å². The Hall–Kier alpha value is -5.67. The first-order valence-corrected chi connectivity index (χ1v) is 13.6. The number of rotatable bonds is 1. The van der Waals surface area contributed by atoms with Crippen LogP contribution in [0.25, 0.3) is 89.7 Å². The monoisotopic (exact) mass is 622 g/mol. The van der Waals surface area contributed by atoms with E-state index >= 15 is 0 Å². The number of aromatic carboxylic acids is 1. The molecule has 5 heterocycles. The van der Waals surface area contributed by atoms with E-state index in [1.54, 1.807) is 12.1 Å². The number of aromatic nitrogens is 8. The van der Waals surface area contributed by atoms with Gasteiger partial charge in [0.1, 0.15) is 22.6 Å². The molecule has 44 heavy (non-hydrogen) atoms. The Balaban J connectivity index is 0.00000289. The van der Waals surface area contributed by atoms with Gasteiger partial charge in [0, 0.05) is 63.3 Å². The van der Waals surface area contributed by atoms with E-state index in [2.05, 4.69) is 9.97 Å². The molecule has 0 amide bonds. The Bertz CT molecular complexity index is 2510. The van der Waals surface area contributed by atoms with E-state index in [0.717, 1.165) is 33.0 Å². The largest absolute Gasteiger partial charge is 0.478 e. The molecule has 2 aliphatic rings. The second kappa shape index (κ2) is 9.69. The summed E-state index contributed by atoms with van der Waals surface area (Å²) in [5, 5.41) is 12.9. The molecule has 2 aliphatic heterocycles. The first-order chi connectivity index (χ1) is 21.1. The van der Waals surface area contributed by atoms with E-state index in [9.17, 15) is 9.90 Å². The van der Waals surface area contributed by atoms with Crippen LogP contribution in [-0.2, 0) is 19.5 Å². The molecule has 0 atom stereocenters. The maximum absolute atomic E-state index is 12.3. The van der Waals surface area contributed by atoms with Crippen LogP contribution in [0.4, 0.5) is 0 Å². The third-order valence-electron chi connectivity index (χ3n) is 7.81. The predicted octanol–water partition coefficient (Wildman–Crippen LogP) is 6.56. The fourth-order valence-electron chi connectivity index (χ4n) is 5.87. The van der Waals surface area contributed by atoms with Gasteiger partial charge in [-0.1, -0.05) is 84.9 Å². The molecular weight excluding hydrogens is 606 g/mol. The summed E-state index contributed by atoms with van der Waals surface area (Å²) in [5.74, 6) is 0.791. The molecule has 8 bridgehead atoms. The third kappa shape index (κ3) is 3.79. The number of nitrogens with one attached hydrogen (secondary N) is 2. The molecule has 0 fully saturated rings. The Kier molecular flexibility index (Phi) is 5.72. The number of carboxylic acids is 1. The van der Waals surface area contributed by atoms with E-state index in [0.29, 0.717) is 56.7 Å². The SMILES string of the molecule is O=C(O)c1cccc2c3nc4nc(nc5[nH]c(nc6nc(nc([nH]3)c12)-c1ccccc1-6)c1ccccc51)-c1ccccc1-4.[Zn]. The molecule has 0 aliphatic carbocycles. The Morgan fingerprint density at radius 2 is 0.864 bits per heavy atom. The zero-order valence-corrected chi connectivity index (χ0v) is 25.9. The number of benzene rings is 4. The number of hydrogen-bond donors (Lipinski definition) is 3. The van der Waals surface area contributed by atoms with Gasteiger partial charge in [0.25, 0.3) is 0 Å². The summed E-state index contributed by atoms with van der Waals surface area (Å²) in [7, 11) is 0. The van der Waals surface area contributed by atoms with Gasteiger partial charge >= 0.3 is 5.97 Å². The number of aromatic amines is 2. The minimum absolute atomic E-state index is 0. The number of nitrogens with zero attached hydrogens (tertiary/aromatic N) is 6. The summed E-state index contributed by atoms with van der Waals surface area (Å²) in [6, 6.07) is 28.5. The zero-order valence-electron chi connectivity index (χ0n) is 22.9. The van der Waals surface area contributed by atoms with Gasteiger partial charge in [-0.25, -0.2) is 34.7 Å². The second-order valence-electron chi connectivity index (χ2n) is 10.3. The van der Waals surface area contributed by atoms with Crippen LogP contribution >= 0.6 is 0 Å². The van der Waals surface area contributed by atoms with Crippen molar-refractivity contribution < 1.29 is 29.4 Å². The van der Waals surface area contributed by atoms with E-state index in [1.807, 2.05) is 78.9 Å². The summed E-state index contributed by atoms with van der Waals surface area (Å²) >= 11 is 0. The first kappa shape index (κ1) is 26.0. The summed E-state index contributed by atoms with van der Waals surface area (Å²) in [6.45, 7) is 0. The van der Waals surface area contributed by atoms with Crippen LogP contribution in [0.1, 0.15) is 10.4 Å². The smallest absolute Gasteiger partial charge is 0.336 e. The van der Waals surface area contributed by atoms with E-state index in [1.165, 1.54) is 0 Å². The topological polar surface area (TPSA) is 146 Å². The molecule has 3 aromatic heterocycles. The minimum Gasteiger partial charge on any atom is -0.478 e. The van der Waals surface area contributed by atoms with E-state index in [4.69, 9.17) is 29.9 Å². The molecule has 0 saturated heterocycles. The van der Waals surface area contributed by atoms with Gasteiger partial charge in [0.2, 0.25) is 0 Å². The van der Waals surface area contributed by atoms with Gasteiger partial charge in [-0.3, -0.25) is 0 Å². The average molecular weight is 624 g/mol. The van der Waals surface area contributed by atoms with Gasteiger partial charge in [-0.15, -0.1) is 0 Å². The molecule has 0 unspecified atom stereocenters. The quantitative estimate of drug-likeness (QED) is 0.174. The normalized spacial score (nSPS) is 11.6. The summed E-state index contributed by atoms with van der Waals surface area (Å²) in [6.07, 6.45) is 0. The molecule has 4 aromatic carbocycles. The molecule has 0 saturated carbocycles. The van der Waals surface area contributed by atoms with E-state index in [-0.39, 0.29) is 25.0 Å². The minimum atomic E-state index is -1.07. The number of H-pyrrole nitrogens is 2. The van der Waals surface area contributed by atoms with Gasteiger partial charge in [0.15, 0.2) is 23.3 Å². The van der Waals surface area contributed by atoms with Crippen LogP contribution in [0.5, 0.6) is 0 Å². The maximum atomic E-state index is 12.3. The van der Waals surface area contributed by atoms with Crippen molar-refractivity contribution in [2.75, 3.05) is 0 Å². The maximum Gasteiger partial charge on any atom is 0.336 e. The van der Waals surface area contributed by atoms with Crippen LogP contribution in [0, 0.1) is 0 Å². The Labute approximate surface area is 260 Å². The molecule has 10 nitrogen and oxygen atoms in total. The van der Waals surface area contributed by atoms with Crippen molar-refractivity contribution in [2.24, 2.45) is 0 Å². The summed E-state index contributed by atoms with van der Waals surface area (Å²) in [5.41, 5.74) is 5.36. The number of fused-ring (bicyclic) bond motifs is 20. The van der Waals surface area contributed by atoms with Crippen LogP contribution in [0.15, 0.2) is 91.0 Å². The van der Waals surface area contributed by atoms with Crippen LogP contribution in [0.3, 0.4) is 0 Å². The first-order valence-electron chi connectivity index (χ1n) is 13.6. The molecule has 204 valence electrons. The molecular formula is C33H18N8O2Zn. The Morgan fingerprint density at radius 1 is 0.477 bits per heavy atom. The van der Waals surface area contributed by atoms with Gasteiger partial charge in [-0.05, 0) is 6.07 Å². The zero-order chi connectivity index (χ0) is 28.7. The molecule has 7 aromatic rings. The van der Waals surface area contributed by atoms with Crippen molar-refractivity contribution in [3.8, 4) is 45.6 Å². The Morgan fingerprint density at radius 3 is 1.34 bits per heavy atom. The van der Waals surface area contributed by atoms with Gasteiger partial charge in [-0.2, -0.15) is 0 Å². The van der Waals surface area contributed by atoms with Crippen molar-refractivity contribution >= 4 is 50.1 Å². The standard InChI is InChI=1S/C33H18N8O2.Zn/c42-33(43)23-15-7-14-22-24(23)32-40-30-21-13-6-5-12-20(21)28(38-30)36-26-17-9-2-1-8-16(17)25(34-26)35-27-18-10-3-4-11-19(18)29(37-27)39-31(22)41-32;/h1-15H,(H,42,43)(H2,34,35,36,37,38,39,40,41);. The van der Waals surface area contributed by atoms with Crippen molar-refractivity contribution in [1.29, 1.82) is 0 Å². The van der Waals surface area contributed by atoms with Crippen LogP contribution in [-0.4, -0.2) is 50.9 Å². The van der Waals surface area contributed by atoms with Gasteiger partial charge < -0.3 is 15.1 Å².